The van der Waals surface area contributed by atoms with Crippen molar-refractivity contribution in [1.29, 1.82) is 0 Å². The molecule has 1 N–H and O–H groups in total. The van der Waals surface area contributed by atoms with Crippen molar-refractivity contribution in [2.75, 3.05) is 0 Å². The Hall–Kier alpha value is -2.13. The van der Waals surface area contributed by atoms with Gasteiger partial charge in [0.2, 0.25) is 0 Å². The minimum absolute atomic E-state index is 0.111. The summed E-state index contributed by atoms with van der Waals surface area (Å²) in [4.78, 5) is 0. The van der Waals surface area contributed by atoms with Crippen molar-refractivity contribution >= 4 is 0 Å². The largest absolute Gasteiger partial charge is 0.416 e. The predicted octanol–water partition coefficient (Wildman–Crippen LogP) is 6.75. The van der Waals surface area contributed by atoms with Gasteiger partial charge in [0.15, 0.2) is 0 Å². The molecule has 4 unspecified atom stereocenters. The normalized spacial score (nSPS) is 26.9. The lowest BCUT2D eigenvalue weighted by Gasteiger charge is -2.43. The maximum atomic E-state index is 13.5. The number of halogens is 7. The first-order valence-electron chi connectivity index (χ1n) is 10.4. The van der Waals surface area contributed by atoms with Gasteiger partial charge in [0.05, 0.1) is 28.9 Å². The van der Waals surface area contributed by atoms with Gasteiger partial charge in [-0.2, -0.15) is 26.3 Å². The standard InChI is InChI=1S/C23H22F7NO/c1-13(14-10-16(22(25,26)27)12-17(11-14)23(28,29)30)32-20-7-6-19-8-9-21(20,31-19)15-2-4-18(24)5-3-15/h2-5,10-13,19-20,31H,6-9H2,1H3. The van der Waals surface area contributed by atoms with E-state index in [1.165, 1.54) is 19.1 Å². The van der Waals surface area contributed by atoms with Gasteiger partial charge in [0.25, 0.3) is 0 Å². The second-order valence-corrected chi connectivity index (χ2v) is 8.54. The smallest absolute Gasteiger partial charge is 0.368 e. The number of hydrogen-bond acceptors (Lipinski definition) is 2. The lowest BCUT2D eigenvalue weighted by molar-refractivity contribution is -0.143. The molecule has 2 bridgehead atoms. The molecule has 0 radical (unpaired) electrons. The number of ether oxygens (including phenoxy) is 1. The molecule has 2 aromatic rings. The van der Waals surface area contributed by atoms with Crippen LogP contribution in [-0.2, 0) is 22.6 Å². The third-order valence-electron chi connectivity index (χ3n) is 6.48. The number of benzene rings is 2. The highest BCUT2D eigenvalue weighted by Gasteiger charge is 2.50. The van der Waals surface area contributed by atoms with Crippen LogP contribution >= 0.6 is 0 Å². The molecule has 2 aromatic carbocycles. The summed E-state index contributed by atoms with van der Waals surface area (Å²) in [7, 11) is 0. The number of rotatable bonds is 4. The molecule has 2 heterocycles. The van der Waals surface area contributed by atoms with Crippen LogP contribution in [0, 0.1) is 5.82 Å². The van der Waals surface area contributed by atoms with Crippen LogP contribution in [0.3, 0.4) is 0 Å². The first-order chi connectivity index (χ1) is 14.9. The highest BCUT2D eigenvalue weighted by atomic mass is 19.4. The van der Waals surface area contributed by atoms with Crippen LogP contribution in [0.5, 0.6) is 0 Å². The van der Waals surface area contributed by atoms with E-state index in [0.717, 1.165) is 18.4 Å². The van der Waals surface area contributed by atoms with Crippen molar-refractivity contribution in [3.63, 3.8) is 0 Å². The monoisotopic (exact) mass is 461 g/mol. The molecule has 2 nitrogen and oxygen atoms in total. The summed E-state index contributed by atoms with van der Waals surface area (Å²) in [5.74, 6) is -0.398. The predicted molar refractivity (Wildman–Crippen MR) is 103 cm³/mol. The molecule has 0 aliphatic carbocycles. The average Bonchev–Trinajstić information content (AvgIpc) is 3.08. The van der Waals surface area contributed by atoms with E-state index in [-0.39, 0.29) is 17.7 Å². The Morgan fingerprint density at radius 2 is 1.50 bits per heavy atom. The van der Waals surface area contributed by atoms with Gasteiger partial charge in [-0.25, -0.2) is 4.39 Å². The van der Waals surface area contributed by atoms with Crippen LogP contribution < -0.4 is 5.32 Å². The van der Waals surface area contributed by atoms with Crippen LogP contribution in [0.4, 0.5) is 30.7 Å². The molecule has 32 heavy (non-hydrogen) atoms. The maximum absolute atomic E-state index is 13.5. The fraction of sp³-hybridized carbons (Fsp3) is 0.478. The highest BCUT2D eigenvalue weighted by Crippen LogP contribution is 2.46. The van der Waals surface area contributed by atoms with Crippen LogP contribution in [-0.4, -0.2) is 12.1 Å². The highest BCUT2D eigenvalue weighted by molar-refractivity contribution is 5.35. The molecule has 4 rings (SSSR count). The van der Waals surface area contributed by atoms with E-state index in [1.807, 2.05) is 0 Å². The molecule has 0 aromatic heterocycles. The fourth-order valence-corrected chi connectivity index (χ4v) is 4.86. The van der Waals surface area contributed by atoms with Gasteiger partial charge in [0, 0.05) is 6.04 Å². The van der Waals surface area contributed by atoms with Gasteiger partial charge in [-0.15, -0.1) is 0 Å². The second kappa shape index (κ2) is 8.02. The quantitative estimate of drug-likeness (QED) is 0.509. The van der Waals surface area contributed by atoms with Crippen molar-refractivity contribution in [3.05, 3.63) is 70.5 Å². The second-order valence-electron chi connectivity index (χ2n) is 8.54. The average molecular weight is 461 g/mol. The zero-order chi connectivity index (χ0) is 23.3. The zero-order valence-corrected chi connectivity index (χ0v) is 17.2. The lowest BCUT2D eigenvalue weighted by Crippen LogP contribution is -2.54. The fourth-order valence-electron chi connectivity index (χ4n) is 4.86. The molecule has 2 aliphatic rings. The van der Waals surface area contributed by atoms with E-state index in [0.29, 0.717) is 25.0 Å². The number of hydrogen-bond donors (Lipinski definition) is 1. The summed E-state index contributed by atoms with van der Waals surface area (Å²) in [6.45, 7) is 1.45. The summed E-state index contributed by atoms with van der Waals surface area (Å²) < 4.78 is 99.1. The Morgan fingerprint density at radius 1 is 0.906 bits per heavy atom. The number of piperidine rings is 1. The van der Waals surface area contributed by atoms with Gasteiger partial charge >= 0.3 is 12.4 Å². The van der Waals surface area contributed by atoms with Crippen molar-refractivity contribution in [2.24, 2.45) is 0 Å². The minimum Gasteiger partial charge on any atom is -0.368 e. The van der Waals surface area contributed by atoms with Gasteiger partial charge < -0.3 is 10.1 Å². The van der Waals surface area contributed by atoms with Gasteiger partial charge in [-0.3, -0.25) is 0 Å². The van der Waals surface area contributed by atoms with Crippen molar-refractivity contribution in [1.82, 2.24) is 5.32 Å². The van der Waals surface area contributed by atoms with E-state index in [2.05, 4.69) is 5.32 Å². The molecule has 0 amide bonds. The molecular formula is C23H22F7NO. The molecular weight excluding hydrogens is 439 g/mol. The third-order valence-corrected chi connectivity index (χ3v) is 6.48. The van der Waals surface area contributed by atoms with Crippen LogP contribution in [0.1, 0.15) is 61.0 Å². The Bertz CT molecular complexity index is 938. The van der Waals surface area contributed by atoms with E-state index < -0.39 is 47.0 Å². The van der Waals surface area contributed by atoms with E-state index in [1.54, 1.807) is 12.1 Å². The Morgan fingerprint density at radius 3 is 2.06 bits per heavy atom. The van der Waals surface area contributed by atoms with E-state index in [9.17, 15) is 30.7 Å². The maximum Gasteiger partial charge on any atom is 0.416 e. The molecule has 0 saturated carbocycles. The summed E-state index contributed by atoms with van der Waals surface area (Å²) in [5.41, 5.74) is -2.80. The van der Waals surface area contributed by atoms with Crippen molar-refractivity contribution in [3.8, 4) is 0 Å². The van der Waals surface area contributed by atoms with E-state index >= 15 is 0 Å². The van der Waals surface area contributed by atoms with Crippen molar-refractivity contribution < 1.29 is 35.5 Å². The number of alkyl halides is 6. The molecule has 4 atom stereocenters. The molecule has 2 fully saturated rings. The molecule has 0 spiro atoms. The van der Waals surface area contributed by atoms with Gasteiger partial charge in [-0.05, 0) is 74.1 Å². The summed E-state index contributed by atoms with van der Waals surface area (Å²) in [5, 5.41) is 3.51. The van der Waals surface area contributed by atoms with Crippen LogP contribution in [0.25, 0.3) is 0 Å². The Balaban J connectivity index is 1.66. The molecule has 2 aliphatic heterocycles. The van der Waals surface area contributed by atoms with Crippen LogP contribution in [0.2, 0.25) is 0 Å². The summed E-state index contributed by atoms with van der Waals surface area (Å²) in [6, 6.07) is 7.70. The first-order valence-corrected chi connectivity index (χ1v) is 10.4. The molecule has 9 heteroatoms. The van der Waals surface area contributed by atoms with Crippen molar-refractivity contribution in [2.45, 2.75) is 68.7 Å². The third kappa shape index (κ3) is 4.37. The summed E-state index contributed by atoms with van der Waals surface area (Å²) in [6.07, 6.45) is -8.46. The Labute approximate surface area is 180 Å². The SMILES string of the molecule is CC(OC1CCC2CCC1(c1ccc(F)cc1)N2)c1cc(C(F)(F)F)cc(C(F)(F)F)c1. The Kier molecular flexibility index (Phi) is 5.78. The van der Waals surface area contributed by atoms with Gasteiger partial charge in [-0.1, -0.05) is 12.1 Å². The molecule has 174 valence electrons. The zero-order valence-electron chi connectivity index (χ0n) is 17.2. The molecule has 2 saturated heterocycles. The lowest BCUT2D eigenvalue weighted by atomic mass is 9.80. The minimum atomic E-state index is -4.92. The topological polar surface area (TPSA) is 21.3 Å². The number of fused-ring (bicyclic) bond motifs is 2. The first kappa shape index (κ1) is 23.0. The summed E-state index contributed by atoms with van der Waals surface area (Å²) >= 11 is 0. The number of nitrogens with one attached hydrogen (secondary N) is 1. The van der Waals surface area contributed by atoms with Gasteiger partial charge in [0.1, 0.15) is 5.82 Å². The van der Waals surface area contributed by atoms with Crippen LogP contribution in [0.15, 0.2) is 42.5 Å². The van der Waals surface area contributed by atoms with E-state index in [4.69, 9.17) is 4.74 Å².